The van der Waals surface area contributed by atoms with Gasteiger partial charge in [0.05, 0.1) is 12.0 Å². The largest absolute Gasteiger partial charge is 0.387 e. The molecule has 0 spiro atoms. The van der Waals surface area contributed by atoms with E-state index >= 15 is 0 Å². The Kier molecular flexibility index (Phi) is 6.40. The van der Waals surface area contributed by atoms with Crippen molar-refractivity contribution in [2.75, 3.05) is 26.3 Å². The molecule has 25 heavy (non-hydrogen) atoms. The van der Waals surface area contributed by atoms with Crippen molar-refractivity contribution in [1.29, 1.82) is 0 Å². The van der Waals surface area contributed by atoms with Gasteiger partial charge >= 0.3 is 13.3 Å². The van der Waals surface area contributed by atoms with Gasteiger partial charge in [0.1, 0.15) is 11.7 Å². The van der Waals surface area contributed by atoms with Crippen molar-refractivity contribution in [3.05, 3.63) is 28.4 Å². The molecule has 1 aromatic rings. The van der Waals surface area contributed by atoms with Gasteiger partial charge in [-0.15, -0.1) is 11.6 Å². The van der Waals surface area contributed by atoms with E-state index in [0.29, 0.717) is 5.69 Å². The minimum atomic E-state index is -3.40. The lowest BCUT2D eigenvalue weighted by Crippen LogP contribution is -2.44. The molecule has 1 fully saturated rings. The first-order valence-electron chi connectivity index (χ1n) is 7.54. The van der Waals surface area contributed by atoms with E-state index in [4.69, 9.17) is 25.4 Å². The van der Waals surface area contributed by atoms with E-state index in [1.807, 2.05) is 0 Å². The lowest BCUT2D eigenvalue weighted by atomic mass is 9.95. The zero-order valence-corrected chi connectivity index (χ0v) is 15.7. The molecule has 142 valence electrons. The van der Waals surface area contributed by atoms with Gasteiger partial charge in [-0.05, 0) is 19.4 Å². The SMILES string of the molecule is COP(=O)(CCC1(CCl)OC(n2ccc(C)nc2=O)C(F)C1O)OC. The third-order valence-electron chi connectivity index (χ3n) is 4.30. The summed E-state index contributed by atoms with van der Waals surface area (Å²) in [5.74, 6) is -0.271. The van der Waals surface area contributed by atoms with Crippen LogP contribution in [0.25, 0.3) is 0 Å². The third kappa shape index (κ3) is 3.97. The van der Waals surface area contributed by atoms with Crippen LogP contribution in [0, 0.1) is 6.92 Å². The Morgan fingerprint density at radius 1 is 1.52 bits per heavy atom. The maximum Gasteiger partial charge on any atom is 0.349 e. The highest BCUT2D eigenvalue weighted by atomic mass is 35.5. The summed E-state index contributed by atoms with van der Waals surface area (Å²) < 4.78 is 43.2. The molecule has 0 amide bonds. The first-order chi connectivity index (χ1) is 11.7. The van der Waals surface area contributed by atoms with Crippen LogP contribution in [-0.2, 0) is 18.3 Å². The monoisotopic (exact) mass is 398 g/mol. The van der Waals surface area contributed by atoms with Crippen molar-refractivity contribution in [2.45, 2.75) is 37.4 Å². The standard InChI is InChI=1S/C14H21ClFN2O6P/c1-9-4-6-18(13(20)17-9)12-10(16)11(19)14(8-15,24-12)5-7-25(21,22-2)23-3/h4,6,10-12,19H,5,7-8H2,1-3H3. The molecule has 11 heteroatoms. The highest BCUT2D eigenvalue weighted by molar-refractivity contribution is 7.53. The minimum Gasteiger partial charge on any atom is -0.387 e. The highest BCUT2D eigenvalue weighted by Crippen LogP contribution is 2.50. The van der Waals surface area contributed by atoms with Crippen LogP contribution >= 0.6 is 19.2 Å². The Labute approximate surface area is 149 Å². The minimum absolute atomic E-state index is 0.0818. The van der Waals surface area contributed by atoms with Crippen molar-refractivity contribution >= 4 is 19.2 Å². The third-order valence-corrected chi connectivity index (χ3v) is 6.64. The number of aromatic nitrogens is 2. The molecule has 1 aliphatic heterocycles. The molecular weight excluding hydrogens is 378 g/mol. The maximum absolute atomic E-state index is 14.7. The molecule has 1 saturated heterocycles. The van der Waals surface area contributed by atoms with Gasteiger partial charge < -0.3 is 18.9 Å². The number of alkyl halides is 2. The lowest BCUT2D eigenvalue weighted by Gasteiger charge is -2.30. The average Bonchev–Trinajstić information content (AvgIpc) is 2.85. The fourth-order valence-corrected chi connectivity index (χ4v) is 4.21. The number of hydrogen-bond acceptors (Lipinski definition) is 7. The molecule has 4 unspecified atom stereocenters. The summed E-state index contributed by atoms with van der Waals surface area (Å²) >= 11 is 5.93. The van der Waals surface area contributed by atoms with Gasteiger partial charge in [-0.25, -0.2) is 9.18 Å². The Hall–Kier alpha value is -0.830. The molecule has 2 rings (SSSR count). The van der Waals surface area contributed by atoms with Crippen molar-refractivity contribution < 1.29 is 27.8 Å². The Bertz CT molecular complexity index is 711. The Morgan fingerprint density at radius 2 is 2.16 bits per heavy atom. The zero-order valence-electron chi connectivity index (χ0n) is 14.1. The van der Waals surface area contributed by atoms with Gasteiger partial charge in [0.2, 0.25) is 0 Å². The maximum atomic E-state index is 14.7. The van der Waals surface area contributed by atoms with Crippen LogP contribution in [0.4, 0.5) is 4.39 Å². The van der Waals surface area contributed by atoms with E-state index in [0.717, 1.165) is 4.57 Å². The van der Waals surface area contributed by atoms with Gasteiger partial charge in [0.15, 0.2) is 12.4 Å². The molecule has 0 radical (unpaired) electrons. The van der Waals surface area contributed by atoms with E-state index in [9.17, 15) is 18.9 Å². The molecule has 1 aromatic heterocycles. The molecule has 8 nitrogen and oxygen atoms in total. The molecule has 0 bridgehead atoms. The van der Waals surface area contributed by atoms with Gasteiger partial charge in [-0.3, -0.25) is 9.13 Å². The quantitative estimate of drug-likeness (QED) is 0.550. The van der Waals surface area contributed by atoms with Crippen LogP contribution in [0.1, 0.15) is 18.3 Å². The molecule has 0 saturated carbocycles. The summed E-state index contributed by atoms with van der Waals surface area (Å²) in [6.07, 6.45) is -3.80. The predicted octanol–water partition coefficient (Wildman–Crippen LogP) is 1.63. The summed E-state index contributed by atoms with van der Waals surface area (Å²) in [5, 5.41) is 10.3. The molecule has 0 aliphatic carbocycles. The smallest absolute Gasteiger partial charge is 0.349 e. The van der Waals surface area contributed by atoms with Gasteiger partial charge in [0, 0.05) is 26.1 Å². The number of hydrogen-bond donors (Lipinski definition) is 1. The Balaban J connectivity index is 2.29. The van der Waals surface area contributed by atoms with Crippen LogP contribution < -0.4 is 5.69 Å². The molecule has 2 heterocycles. The van der Waals surface area contributed by atoms with Crippen LogP contribution in [0.5, 0.6) is 0 Å². The van der Waals surface area contributed by atoms with Crippen molar-refractivity contribution in [3.63, 3.8) is 0 Å². The summed E-state index contributed by atoms with van der Waals surface area (Å²) in [5.41, 5.74) is -1.77. The molecular formula is C14H21ClFN2O6P. The first kappa shape index (κ1) is 20.5. The second-order valence-electron chi connectivity index (χ2n) is 5.80. The van der Waals surface area contributed by atoms with Gasteiger partial charge in [-0.1, -0.05) is 0 Å². The van der Waals surface area contributed by atoms with Crippen LogP contribution in [0.3, 0.4) is 0 Å². The fraction of sp³-hybridized carbons (Fsp3) is 0.714. The topological polar surface area (TPSA) is 99.9 Å². The zero-order chi connectivity index (χ0) is 18.8. The fourth-order valence-electron chi connectivity index (χ4n) is 2.69. The molecule has 1 N–H and O–H groups in total. The Morgan fingerprint density at radius 3 is 2.68 bits per heavy atom. The van der Waals surface area contributed by atoms with E-state index < -0.39 is 37.4 Å². The van der Waals surface area contributed by atoms with E-state index in [1.165, 1.54) is 26.5 Å². The van der Waals surface area contributed by atoms with Crippen molar-refractivity contribution in [2.24, 2.45) is 0 Å². The lowest BCUT2D eigenvalue weighted by molar-refractivity contribution is -0.0921. The number of halogens is 2. The highest BCUT2D eigenvalue weighted by Gasteiger charge is 2.56. The van der Waals surface area contributed by atoms with Gasteiger partial charge in [-0.2, -0.15) is 4.98 Å². The number of aliphatic hydroxyl groups is 1. The normalized spacial score (nSPS) is 29.9. The number of rotatable bonds is 7. The van der Waals surface area contributed by atoms with Crippen LogP contribution in [0.15, 0.2) is 17.1 Å². The predicted molar refractivity (Wildman–Crippen MR) is 88.8 cm³/mol. The molecule has 1 aliphatic rings. The summed E-state index contributed by atoms with van der Waals surface area (Å²) in [7, 11) is -0.948. The number of aliphatic hydroxyl groups excluding tert-OH is 1. The molecule has 0 aromatic carbocycles. The summed E-state index contributed by atoms with van der Waals surface area (Å²) in [6, 6.07) is 1.52. The number of nitrogens with zero attached hydrogens (tertiary/aromatic N) is 2. The van der Waals surface area contributed by atoms with E-state index in [2.05, 4.69) is 4.98 Å². The van der Waals surface area contributed by atoms with Crippen LogP contribution in [-0.4, -0.2) is 58.8 Å². The second kappa shape index (κ2) is 7.82. The van der Waals surface area contributed by atoms with Crippen molar-refractivity contribution in [3.8, 4) is 0 Å². The van der Waals surface area contributed by atoms with Gasteiger partial charge in [0.25, 0.3) is 0 Å². The molecule has 4 atom stereocenters. The van der Waals surface area contributed by atoms with E-state index in [-0.39, 0.29) is 18.5 Å². The average molecular weight is 399 g/mol. The summed E-state index contributed by atoms with van der Waals surface area (Å²) in [4.78, 5) is 15.7. The number of aryl methyl sites for hydroxylation is 1. The van der Waals surface area contributed by atoms with Crippen molar-refractivity contribution in [1.82, 2.24) is 9.55 Å². The summed E-state index contributed by atoms with van der Waals surface area (Å²) in [6.45, 7) is 1.62. The van der Waals surface area contributed by atoms with Crippen LogP contribution in [0.2, 0.25) is 0 Å². The van der Waals surface area contributed by atoms with E-state index in [1.54, 1.807) is 6.92 Å². The number of ether oxygens (including phenoxy) is 1. The second-order valence-corrected chi connectivity index (χ2v) is 8.47. The first-order valence-corrected chi connectivity index (χ1v) is 9.80.